The third kappa shape index (κ3) is 3.65. The number of rotatable bonds is 5. The van der Waals surface area contributed by atoms with E-state index < -0.39 is 0 Å². The average molecular weight is 337 g/mol. The van der Waals surface area contributed by atoms with Crippen LogP contribution in [0, 0.1) is 13.8 Å². The molecule has 5 nitrogen and oxygen atoms in total. The number of nitrogens with one attached hydrogen (secondary N) is 2. The van der Waals surface area contributed by atoms with Crippen molar-refractivity contribution in [1.29, 1.82) is 0 Å². The van der Waals surface area contributed by atoms with Gasteiger partial charge < -0.3 is 15.4 Å². The minimum atomic E-state index is -0.263. The molecule has 0 unspecified atom stereocenters. The fourth-order valence-corrected chi connectivity index (χ4v) is 2.85. The van der Waals surface area contributed by atoms with Crippen LogP contribution in [0.2, 0.25) is 0 Å². The molecule has 5 heteroatoms. The largest absolute Gasteiger partial charge is 0.508 e. The minimum absolute atomic E-state index is 0.0335. The van der Waals surface area contributed by atoms with E-state index in [4.69, 9.17) is 0 Å². The molecule has 0 saturated carbocycles. The maximum absolute atomic E-state index is 12.3. The van der Waals surface area contributed by atoms with Crippen molar-refractivity contribution in [3.05, 3.63) is 58.9 Å². The molecule has 0 aliphatic heterocycles. The summed E-state index contributed by atoms with van der Waals surface area (Å²) in [5, 5.41) is 12.3. The molecule has 0 radical (unpaired) electrons. The quantitative estimate of drug-likeness (QED) is 0.668. The normalized spacial score (nSPS) is 12.3. The van der Waals surface area contributed by atoms with Crippen LogP contribution in [0.3, 0.4) is 0 Å². The van der Waals surface area contributed by atoms with Gasteiger partial charge in [0.25, 0.3) is 0 Å². The minimum Gasteiger partial charge on any atom is -0.508 e. The van der Waals surface area contributed by atoms with Crippen LogP contribution in [-0.2, 0) is 11.2 Å². The molecule has 2 aromatic carbocycles. The Morgan fingerprint density at radius 2 is 1.92 bits per heavy atom. The Kier molecular flexibility index (Phi) is 4.74. The standard InChI is InChI=1S/C20H23N3O2/c1-12-4-9-17-19(13(12)2)23-18(22-17)10-11-21-20(25)14(3)15-5-7-16(24)8-6-15/h4-9,14,24H,10-11H2,1-3H3,(H,21,25)(H,22,23)/t14-/m0/s1. The number of benzene rings is 2. The van der Waals surface area contributed by atoms with Gasteiger partial charge >= 0.3 is 0 Å². The van der Waals surface area contributed by atoms with Gasteiger partial charge in [0.1, 0.15) is 11.6 Å². The molecular formula is C20H23N3O2. The fraction of sp³-hybridized carbons (Fsp3) is 0.300. The highest BCUT2D eigenvalue weighted by atomic mass is 16.3. The predicted octanol–water partition coefficient (Wildman–Crippen LogP) is 3.35. The topological polar surface area (TPSA) is 78.0 Å². The third-order valence-electron chi connectivity index (χ3n) is 4.67. The number of amides is 1. The van der Waals surface area contributed by atoms with E-state index in [2.05, 4.69) is 35.2 Å². The monoisotopic (exact) mass is 337 g/mol. The third-order valence-corrected chi connectivity index (χ3v) is 4.67. The summed E-state index contributed by atoms with van der Waals surface area (Å²) in [6.07, 6.45) is 0.654. The zero-order valence-corrected chi connectivity index (χ0v) is 14.8. The van der Waals surface area contributed by atoms with E-state index in [1.54, 1.807) is 24.3 Å². The van der Waals surface area contributed by atoms with Crippen LogP contribution >= 0.6 is 0 Å². The van der Waals surface area contributed by atoms with E-state index in [1.807, 2.05) is 13.0 Å². The van der Waals surface area contributed by atoms with E-state index in [0.29, 0.717) is 13.0 Å². The van der Waals surface area contributed by atoms with E-state index >= 15 is 0 Å². The van der Waals surface area contributed by atoms with Crippen LogP contribution in [0.5, 0.6) is 5.75 Å². The highest BCUT2D eigenvalue weighted by Crippen LogP contribution is 2.20. The molecule has 1 amide bonds. The molecule has 1 heterocycles. The maximum atomic E-state index is 12.3. The zero-order chi connectivity index (χ0) is 18.0. The molecule has 3 aromatic rings. The molecule has 0 bridgehead atoms. The molecule has 0 aliphatic carbocycles. The number of imidazole rings is 1. The second-order valence-corrected chi connectivity index (χ2v) is 6.44. The molecule has 25 heavy (non-hydrogen) atoms. The number of hydrogen-bond donors (Lipinski definition) is 3. The molecule has 1 atom stereocenters. The summed E-state index contributed by atoms with van der Waals surface area (Å²) >= 11 is 0. The van der Waals surface area contributed by atoms with E-state index in [9.17, 15) is 9.90 Å². The Bertz CT molecular complexity index is 897. The number of H-pyrrole nitrogens is 1. The first-order chi connectivity index (χ1) is 12.0. The molecule has 0 spiro atoms. The van der Waals surface area contributed by atoms with Crippen molar-refractivity contribution in [2.24, 2.45) is 0 Å². The SMILES string of the molecule is Cc1ccc2[nH]c(CCNC(=O)[C@@H](C)c3ccc(O)cc3)nc2c1C. The summed E-state index contributed by atoms with van der Waals surface area (Å²) in [6, 6.07) is 10.9. The van der Waals surface area contributed by atoms with Crippen LogP contribution in [-0.4, -0.2) is 27.5 Å². The van der Waals surface area contributed by atoms with Crippen molar-refractivity contribution < 1.29 is 9.90 Å². The lowest BCUT2D eigenvalue weighted by molar-refractivity contribution is -0.122. The van der Waals surface area contributed by atoms with Crippen molar-refractivity contribution in [2.45, 2.75) is 33.1 Å². The lowest BCUT2D eigenvalue weighted by Crippen LogP contribution is -2.30. The van der Waals surface area contributed by atoms with E-state index in [-0.39, 0.29) is 17.6 Å². The predicted molar refractivity (Wildman–Crippen MR) is 98.8 cm³/mol. The summed E-state index contributed by atoms with van der Waals surface area (Å²) in [5.74, 6) is 0.781. The zero-order valence-electron chi connectivity index (χ0n) is 14.8. The van der Waals surface area contributed by atoms with Crippen molar-refractivity contribution in [2.75, 3.05) is 6.54 Å². The molecule has 3 N–H and O–H groups in total. The maximum Gasteiger partial charge on any atom is 0.227 e. The number of aromatic hydroxyl groups is 1. The van der Waals surface area contributed by atoms with Crippen molar-refractivity contribution in [1.82, 2.24) is 15.3 Å². The van der Waals surface area contributed by atoms with Gasteiger partial charge in [0, 0.05) is 13.0 Å². The Labute approximate surface area is 147 Å². The number of carbonyl (C=O) groups excluding carboxylic acids is 1. The first-order valence-corrected chi connectivity index (χ1v) is 8.47. The van der Waals surface area contributed by atoms with Gasteiger partial charge in [-0.1, -0.05) is 18.2 Å². The summed E-state index contributed by atoms with van der Waals surface area (Å²) < 4.78 is 0. The number of phenolic OH excluding ortho intramolecular Hbond substituents is 1. The second-order valence-electron chi connectivity index (χ2n) is 6.44. The van der Waals surface area contributed by atoms with Gasteiger partial charge in [0.2, 0.25) is 5.91 Å². The summed E-state index contributed by atoms with van der Waals surface area (Å²) in [5.41, 5.74) is 5.32. The second kappa shape index (κ2) is 6.97. The summed E-state index contributed by atoms with van der Waals surface area (Å²) in [6.45, 7) is 6.53. The van der Waals surface area contributed by atoms with Crippen LogP contribution in [0.4, 0.5) is 0 Å². The molecule has 1 aromatic heterocycles. The van der Waals surface area contributed by atoms with Gasteiger partial charge in [-0.15, -0.1) is 0 Å². The molecule has 0 saturated heterocycles. The fourth-order valence-electron chi connectivity index (χ4n) is 2.85. The van der Waals surface area contributed by atoms with Crippen molar-refractivity contribution >= 4 is 16.9 Å². The van der Waals surface area contributed by atoms with Gasteiger partial charge in [0.15, 0.2) is 0 Å². The number of hydrogen-bond acceptors (Lipinski definition) is 3. The molecule has 0 aliphatic rings. The van der Waals surface area contributed by atoms with E-state index in [0.717, 1.165) is 22.4 Å². The van der Waals surface area contributed by atoms with Crippen LogP contribution in [0.15, 0.2) is 36.4 Å². The van der Waals surface area contributed by atoms with Gasteiger partial charge in [-0.2, -0.15) is 0 Å². The Balaban J connectivity index is 1.60. The highest BCUT2D eigenvalue weighted by molar-refractivity contribution is 5.83. The van der Waals surface area contributed by atoms with Crippen LogP contribution in [0.1, 0.15) is 35.4 Å². The average Bonchev–Trinajstić information content (AvgIpc) is 3.02. The number of phenols is 1. The summed E-state index contributed by atoms with van der Waals surface area (Å²) in [7, 11) is 0. The summed E-state index contributed by atoms with van der Waals surface area (Å²) in [4.78, 5) is 20.2. The molecule has 130 valence electrons. The van der Waals surface area contributed by atoms with Crippen molar-refractivity contribution in [3.63, 3.8) is 0 Å². The number of aromatic amines is 1. The number of fused-ring (bicyclic) bond motifs is 1. The Morgan fingerprint density at radius 3 is 2.64 bits per heavy atom. The number of nitrogens with zero attached hydrogens (tertiary/aromatic N) is 1. The lowest BCUT2D eigenvalue weighted by atomic mass is 10.0. The number of aryl methyl sites for hydroxylation is 2. The van der Waals surface area contributed by atoms with Gasteiger partial charge in [-0.3, -0.25) is 4.79 Å². The molecule has 3 rings (SSSR count). The molecule has 0 fully saturated rings. The highest BCUT2D eigenvalue weighted by Gasteiger charge is 2.15. The Hall–Kier alpha value is -2.82. The molecular weight excluding hydrogens is 314 g/mol. The van der Waals surface area contributed by atoms with E-state index in [1.165, 1.54) is 11.1 Å². The van der Waals surface area contributed by atoms with Crippen LogP contribution < -0.4 is 5.32 Å². The number of aromatic nitrogens is 2. The van der Waals surface area contributed by atoms with Gasteiger partial charge in [-0.05, 0) is 55.7 Å². The van der Waals surface area contributed by atoms with Crippen molar-refractivity contribution in [3.8, 4) is 5.75 Å². The van der Waals surface area contributed by atoms with Crippen LogP contribution in [0.25, 0.3) is 11.0 Å². The first kappa shape index (κ1) is 17.0. The smallest absolute Gasteiger partial charge is 0.227 e. The lowest BCUT2D eigenvalue weighted by Gasteiger charge is -2.12. The Morgan fingerprint density at radius 1 is 1.20 bits per heavy atom. The van der Waals surface area contributed by atoms with Gasteiger partial charge in [0.05, 0.1) is 17.0 Å². The first-order valence-electron chi connectivity index (χ1n) is 8.47. The number of carbonyl (C=O) groups is 1. The van der Waals surface area contributed by atoms with Gasteiger partial charge in [-0.25, -0.2) is 4.98 Å².